The Labute approximate surface area is 130 Å². The summed E-state index contributed by atoms with van der Waals surface area (Å²) in [5.74, 6) is 0. The van der Waals surface area contributed by atoms with Gasteiger partial charge in [0.25, 0.3) is 0 Å². The molecule has 0 saturated carbocycles. The van der Waals surface area contributed by atoms with E-state index in [1.807, 2.05) is 18.4 Å². The highest BCUT2D eigenvalue weighted by molar-refractivity contribution is 7.15. The summed E-state index contributed by atoms with van der Waals surface area (Å²) in [7, 11) is 4.22. The van der Waals surface area contributed by atoms with E-state index in [1.165, 1.54) is 51.7 Å². The summed E-state index contributed by atoms with van der Waals surface area (Å²) >= 11 is 1.89. The van der Waals surface area contributed by atoms with Crippen molar-refractivity contribution in [3.8, 4) is 10.6 Å². The van der Waals surface area contributed by atoms with Gasteiger partial charge < -0.3 is 10.2 Å². The molecule has 2 heterocycles. The predicted octanol–water partition coefficient (Wildman–Crippen LogP) is 3.40. The molecule has 1 atom stereocenters. The lowest BCUT2D eigenvalue weighted by Gasteiger charge is -2.19. The van der Waals surface area contributed by atoms with Gasteiger partial charge in [-0.05, 0) is 56.5 Å². The van der Waals surface area contributed by atoms with Crippen molar-refractivity contribution in [3.05, 3.63) is 34.3 Å². The molecule has 0 spiro atoms. The summed E-state index contributed by atoms with van der Waals surface area (Å²) in [5.41, 5.74) is 5.43. The molecule has 1 aromatic carbocycles. The lowest BCUT2D eigenvalue weighted by Crippen LogP contribution is -2.21. The molecule has 21 heavy (non-hydrogen) atoms. The van der Waals surface area contributed by atoms with Crippen molar-refractivity contribution in [1.29, 1.82) is 0 Å². The van der Waals surface area contributed by atoms with Crippen molar-refractivity contribution >= 4 is 17.0 Å². The zero-order chi connectivity index (χ0) is 14.4. The Bertz CT molecular complexity index is 677. The minimum absolute atomic E-state index is 0.444. The maximum absolute atomic E-state index is 4.96. The molecule has 0 radical (unpaired) electrons. The van der Waals surface area contributed by atoms with Crippen molar-refractivity contribution in [3.63, 3.8) is 0 Å². The number of hydrogen-bond donors (Lipinski definition) is 1. The van der Waals surface area contributed by atoms with Crippen LogP contribution in [-0.4, -0.2) is 25.6 Å². The van der Waals surface area contributed by atoms with Crippen molar-refractivity contribution in [2.24, 2.45) is 0 Å². The number of likely N-dealkylation sites (N-methyl/N-ethyl adjacent to an activating group) is 1. The van der Waals surface area contributed by atoms with E-state index in [0.29, 0.717) is 6.04 Å². The number of hydrogen-bond acceptors (Lipinski definition) is 4. The first kappa shape index (κ1) is 13.3. The number of aryl methyl sites for hydroxylation is 1. The van der Waals surface area contributed by atoms with Gasteiger partial charge in [-0.3, -0.25) is 0 Å². The van der Waals surface area contributed by atoms with Gasteiger partial charge in [-0.25, -0.2) is 4.98 Å². The van der Waals surface area contributed by atoms with Crippen LogP contribution in [0.2, 0.25) is 0 Å². The van der Waals surface area contributed by atoms with Crippen molar-refractivity contribution in [1.82, 2.24) is 10.3 Å². The molecule has 110 valence electrons. The Morgan fingerprint density at radius 1 is 1.33 bits per heavy atom. The van der Waals surface area contributed by atoms with Crippen LogP contribution in [0.1, 0.15) is 35.0 Å². The zero-order valence-electron chi connectivity index (χ0n) is 12.6. The monoisotopic (exact) mass is 299 g/mol. The van der Waals surface area contributed by atoms with E-state index in [-0.39, 0.29) is 0 Å². The molecule has 1 unspecified atom stereocenters. The molecular formula is C17H21N3S. The highest BCUT2D eigenvalue weighted by atomic mass is 32.1. The second-order valence-electron chi connectivity index (χ2n) is 6.08. The van der Waals surface area contributed by atoms with Crippen LogP contribution in [0, 0.1) is 0 Å². The minimum Gasteiger partial charge on any atom is -0.374 e. The SMILES string of the molecule is CNC1CCCc2sc(-c3ccc4c(c3)CCN4C)nc21. The number of nitrogens with one attached hydrogen (secondary N) is 1. The van der Waals surface area contributed by atoms with Crippen LogP contribution < -0.4 is 10.2 Å². The van der Waals surface area contributed by atoms with Crippen LogP contribution in [0.4, 0.5) is 5.69 Å². The first-order chi connectivity index (χ1) is 10.3. The normalized spacial score (nSPS) is 20.5. The second kappa shape index (κ2) is 5.11. The van der Waals surface area contributed by atoms with Crippen LogP contribution in [-0.2, 0) is 12.8 Å². The first-order valence-corrected chi connectivity index (χ1v) is 8.59. The summed E-state index contributed by atoms with van der Waals surface area (Å²) in [6.07, 6.45) is 4.83. The Balaban J connectivity index is 1.73. The van der Waals surface area contributed by atoms with Gasteiger partial charge in [-0.2, -0.15) is 0 Å². The van der Waals surface area contributed by atoms with Gasteiger partial charge in [0.1, 0.15) is 5.01 Å². The lowest BCUT2D eigenvalue weighted by molar-refractivity contribution is 0.490. The van der Waals surface area contributed by atoms with E-state index >= 15 is 0 Å². The van der Waals surface area contributed by atoms with Crippen molar-refractivity contribution < 1.29 is 0 Å². The van der Waals surface area contributed by atoms with Gasteiger partial charge in [-0.15, -0.1) is 11.3 Å². The molecule has 1 aliphatic carbocycles. The van der Waals surface area contributed by atoms with Crippen molar-refractivity contribution in [2.45, 2.75) is 31.7 Å². The topological polar surface area (TPSA) is 28.2 Å². The molecule has 4 heteroatoms. The van der Waals surface area contributed by atoms with Crippen molar-refractivity contribution in [2.75, 3.05) is 25.5 Å². The molecule has 0 amide bonds. The molecule has 3 nitrogen and oxygen atoms in total. The average Bonchev–Trinajstić information content (AvgIpc) is 3.10. The summed E-state index contributed by atoms with van der Waals surface area (Å²) in [6, 6.07) is 7.28. The van der Waals surface area contributed by atoms with Gasteiger partial charge in [0.2, 0.25) is 0 Å². The van der Waals surface area contributed by atoms with Crippen LogP contribution in [0.5, 0.6) is 0 Å². The van der Waals surface area contributed by atoms with Crippen LogP contribution in [0.15, 0.2) is 18.2 Å². The van der Waals surface area contributed by atoms with Gasteiger partial charge in [0, 0.05) is 29.7 Å². The highest BCUT2D eigenvalue weighted by Gasteiger charge is 2.24. The summed E-state index contributed by atoms with van der Waals surface area (Å²) in [5, 5.41) is 4.60. The molecule has 0 fully saturated rings. The number of rotatable bonds is 2. The number of fused-ring (bicyclic) bond motifs is 2. The van der Waals surface area contributed by atoms with Gasteiger partial charge in [0.15, 0.2) is 0 Å². The maximum Gasteiger partial charge on any atom is 0.123 e. The Morgan fingerprint density at radius 3 is 3.10 bits per heavy atom. The molecule has 1 N–H and O–H groups in total. The average molecular weight is 299 g/mol. The number of aromatic nitrogens is 1. The first-order valence-electron chi connectivity index (χ1n) is 7.77. The number of thiazole rings is 1. The second-order valence-corrected chi connectivity index (χ2v) is 7.16. The summed E-state index contributed by atoms with van der Waals surface area (Å²) in [6.45, 7) is 1.13. The van der Waals surface area contributed by atoms with Gasteiger partial charge in [0.05, 0.1) is 11.7 Å². The third kappa shape index (κ3) is 2.17. The molecule has 1 aliphatic heterocycles. The number of anilines is 1. The maximum atomic E-state index is 4.96. The summed E-state index contributed by atoms with van der Waals surface area (Å²) in [4.78, 5) is 8.78. The van der Waals surface area contributed by atoms with Gasteiger partial charge in [-0.1, -0.05) is 0 Å². The lowest BCUT2D eigenvalue weighted by atomic mass is 9.98. The standard InChI is InChI=1S/C17H21N3S/c1-18-13-4-3-5-15-16(13)19-17(21-15)12-6-7-14-11(10-12)8-9-20(14)2/h6-7,10,13,18H,3-5,8-9H2,1-2H3. The Kier molecular flexibility index (Phi) is 3.23. The third-order valence-corrected chi connectivity index (χ3v) is 5.94. The van der Waals surface area contributed by atoms with Gasteiger partial charge >= 0.3 is 0 Å². The van der Waals surface area contributed by atoms with E-state index in [2.05, 4.69) is 35.5 Å². The van der Waals surface area contributed by atoms with Crippen LogP contribution in [0.25, 0.3) is 10.6 Å². The summed E-state index contributed by atoms with van der Waals surface area (Å²) < 4.78 is 0. The van der Waals surface area contributed by atoms with E-state index in [1.54, 1.807) is 0 Å². The van der Waals surface area contributed by atoms with E-state index < -0.39 is 0 Å². The Morgan fingerprint density at radius 2 is 2.24 bits per heavy atom. The fourth-order valence-electron chi connectivity index (χ4n) is 3.52. The van der Waals surface area contributed by atoms with Crippen LogP contribution >= 0.6 is 11.3 Å². The largest absolute Gasteiger partial charge is 0.374 e. The zero-order valence-corrected chi connectivity index (χ0v) is 13.5. The fraction of sp³-hybridized carbons (Fsp3) is 0.471. The number of nitrogens with zero attached hydrogens (tertiary/aromatic N) is 2. The molecular weight excluding hydrogens is 278 g/mol. The fourth-order valence-corrected chi connectivity index (χ4v) is 4.68. The smallest absolute Gasteiger partial charge is 0.123 e. The quantitative estimate of drug-likeness (QED) is 0.921. The molecule has 4 rings (SSSR count). The molecule has 1 aromatic heterocycles. The predicted molar refractivity (Wildman–Crippen MR) is 89.3 cm³/mol. The molecule has 0 saturated heterocycles. The van der Waals surface area contributed by atoms with E-state index in [4.69, 9.17) is 4.98 Å². The molecule has 2 aromatic rings. The Hall–Kier alpha value is -1.39. The minimum atomic E-state index is 0.444. The van der Waals surface area contributed by atoms with Crippen LogP contribution in [0.3, 0.4) is 0 Å². The molecule has 0 bridgehead atoms. The third-order valence-electron chi connectivity index (χ3n) is 4.76. The van der Waals surface area contributed by atoms with E-state index in [9.17, 15) is 0 Å². The van der Waals surface area contributed by atoms with E-state index in [0.717, 1.165) is 13.0 Å². The molecule has 2 aliphatic rings. The number of benzene rings is 1. The highest BCUT2D eigenvalue weighted by Crippen LogP contribution is 2.38.